The van der Waals surface area contributed by atoms with Gasteiger partial charge in [0.25, 0.3) is 5.91 Å². The van der Waals surface area contributed by atoms with Crippen LogP contribution in [0.4, 0.5) is 0 Å². The molecule has 0 heterocycles. The molecule has 0 fully saturated rings. The predicted octanol–water partition coefficient (Wildman–Crippen LogP) is 2.78. The molecule has 1 amide bonds. The van der Waals surface area contributed by atoms with Crippen molar-refractivity contribution in [2.24, 2.45) is 0 Å². The average Bonchev–Trinajstić information content (AvgIpc) is 2.46. The quantitative estimate of drug-likeness (QED) is 0.884. The molecule has 21 heavy (non-hydrogen) atoms. The summed E-state index contributed by atoms with van der Waals surface area (Å²) in [6.07, 6.45) is 0. The fraction of sp³-hybridized carbons (Fsp3) is 0.188. The van der Waals surface area contributed by atoms with Gasteiger partial charge in [0.15, 0.2) is 11.1 Å². The smallest absolute Gasteiger partial charge is 0.253 e. The summed E-state index contributed by atoms with van der Waals surface area (Å²) in [5.41, 5.74) is 2.97. The number of nitrogens with zero attached hydrogens (tertiary/aromatic N) is 1. The molecule has 0 radical (unpaired) electrons. The molecule has 1 atom stereocenters. The normalized spacial score (nSPS) is 12.0. The average molecular weight is 303 g/mol. The van der Waals surface area contributed by atoms with Gasteiger partial charge in [0.2, 0.25) is 0 Å². The Labute approximate surface area is 126 Å². The number of benzene rings is 2. The molecule has 110 valence electrons. The van der Waals surface area contributed by atoms with Crippen LogP contribution in [0.2, 0.25) is 0 Å². The molecule has 5 heteroatoms. The Morgan fingerprint density at radius 1 is 1.10 bits per heavy atom. The van der Waals surface area contributed by atoms with E-state index >= 15 is 0 Å². The molecule has 1 N–H and O–H groups in total. The molecule has 0 bridgehead atoms. The highest BCUT2D eigenvalue weighted by Crippen LogP contribution is 2.24. The summed E-state index contributed by atoms with van der Waals surface area (Å²) < 4.78 is 20.3. The minimum Gasteiger partial charge on any atom is -0.345 e. The zero-order valence-electron chi connectivity index (χ0n) is 11.9. The minimum absolute atomic E-state index is 0.0599. The summed E-state index contributed by atoms with van der Waals surface area (Å²) in [7, 11) is 3.32. The molecule has 0 saturated carbocycles. The Morgan fingerprint density at radius 3 is 2.33 bits per heavy atom. The van der Waals surface area contributed by atoms with E-state index in [9.17, 15) is 9.00 Å². The van der Waals surface area contributed by atoms with Crippen molar-refractivity contribution in [3.63, 3.8) is 0 Å². The Balaban J connectivity index is 2.49. The van der Waals surface area contributed by atoms with Crippen molar-refractivity contribution >= 4 is 17.0 Å². The topological polar surface area (TPSA) is 57.6 Å². The van der Waals surface area contributed by atoms with Crippen LogP contribution in [-0.4, -0.2) is 33.7 Å². The molecule has 0 aliphatic heterocycles. The van der Waals surface area contributed by atoms with Crippen molar-refractivity contribution in [1.29, 1.82) is 0 Å². The third-order valence-corrected chi connectivity index (χ3v) is 3.69. The van der Waals surface area contributed by atoms with E-state index in [2.05, 4.69) is 0 Å². The summed E-state index contributed by atoms with van der Waals surface area (Å²) in [4.78, 5) is 13.6. The summed E-state index contributed by atoms with van der Waals surface area (Å²) >= 11 is -1.99. The van der Waals surface area contributed by atoms with Gasteiger partial charge < -0.3 is 9.45 Å². The van der Waals surface area contributed by atoms with Crippen molar-refractivity contribution in [1.82, 2.24) is 4.90 Å². The largest absolute Gasteiger partial charge is 0.345 e. The maximum Gasteiger partial charge on any atom is 0.253 e. The summed E-state index contributed by atoms with van der Waals surface area (Å²) in [5.74, 6) is -0.231. The predicted molar refractivity (Wildman–Crippen MR) is 84.4 cm³/mol. The Bertz CT molecular complexity index is 668. The van der Waals surface area contributed by atoms with Crippen LogP contribution in [-0.2, 0) is 16.8 Å². The number of carbonyl (C=O) groups excluding carboxylic acids is 1. The first-order valence-electron chi connectivity index (χ1n) is 6.46. The summed E-state index contributed by atoms with van der Waals surface area (Å²) in [6, 6.07) is 15.1. The molecule has 0 saturated heterocycles. The lowest BCUT2D eigenvalue weighted by atomic mass is 9.99. The highest BCUT2D eigenvalue weighted by Gasteiger charge is 2.15. The van der Waals surface area contributed by atoms with E-state index in [1.807, 2.05) is 36.4 Å². The fourth-order valence-electron chi connectivity index (χ4n) is 2.11. The van der Waals surface area contributed by atoms with Gasteiger partial charge in [0.1, 0.15) is 0 Å². The molecule has 0 spiro atoms. The Kier molecular flexibility index (Phi) is 4.88. The van der Waals surface area contributed by atoms with Gasteiger partial charge in [-0.1, -0.05) is 36.4 Å². The van der Waals surface area contributed by atoms with Crippen molar-refractivity contribution < 1.29 is 13.6 Å². The second kappa shape index (κ2) is 6.65. The lowest BCUT2D eigenvalue weighted by molar-refractivity contribution is 0.0827. The first-order chi connectivity index (χ1) is 9.99. The van der Waals surface area contributed by atoms with E-state index in [1.165, 1.54) is 4.90 Å². The molecular weight excluding hydrogens is 286 g/mol. The van der Waals surface area contributed by atoms with Gasteiger partial charge in [-0.15, -0.1) is 0 Å². The molecule has 0 aliphatic carbocycles. The van der Waals surface area contributed by atoms with Gasteiger partial charge in [-0.05, 0) is 28.8 Å². The van der Waals surface area contributed by atoms with Crippen LogP contribution >= 0.6 is 0 Å². The third kappa shape index (κ3) is 3.77. The Hall–Kier alpha value is -1.98. The van der Waals surface area contributed by atoms with Crippen molar-refractivity contribution in [2.45, 2.75) is 5.75 Å². The van der Waals surface area contributed by atoms with Gasteiger partial charge in [-0.3, -0.25) is 4.79 Å². The molecule has 0 aromatic heterocycles. The summed E-state index contributed by atoms with van der Waals surface area (Å²) in [5, 5.41) is 0. The molecule has 2 aromatic carbocycles. The highest BCUT2D eigenvalue weighted by atomic mass is 32.2. The van der Waals surface area contributed by atoms with Gasteiger partial charge >= 0.3 is 0 Å². The van der Waals surface area contributed by atoms with E-state index < -0.39 is 11.1 Å². The van der Waals surface area contributed by atoms with Crippen LogP contribution in [0.1, 0.15) is 15.9 Å². The Morgan fingerprint density at radius 2 is 1.76 bits per heavy atom. The van der Waals surface area contributed by atoms with E-state index in [4.69, 9.17) is 4.55 Å². The summed E-state index contributed by atoms with van der Waals surface area (Å²) in [6.45, 7) is 0. The van der Waals surface area contributed by atoms with Crippen LogP contribution in [0.25, 0.3) is 11.1 Å². The maximum absolute atomic E-state index is 12.1. The number of rotatable bonds is 4. The molecule has 2 aromatic rings. The highest BCUT2D eigenvalue weighted by molar-refractivity contribution is 7.78. The SMILES string of the molecule is CN(C)C(=O)c1ccc(-c2ccccc2)cc1CS(=O)O. The number of hydrogen-bond acceptors (Lipinski definition) is 2. The van der Waals surface area contributed by atoms with E-state index in [-0.39, 0.29) is 11.7 Å². The van der Waals surface area contributed by atoms with Crippen LogP contribution in [0.5, 0.6) is 0 Å². The van der Waals surface area contributed by atoms with Crippen LogP contribution in [0.3, 0.4) is 0 Å². The van der Waals surface area contributed by atoms with Crippen molar-refractivity contribution in [2.75, 3.05) is 14.1 Å². The first-order valence-corrected chi connectivity index (χ1v) is 7.74. The van der Waals surface area contributed by atoms with E-state index in [1.54, 1.807) is 26.2 Å². The molecule has 1 unspecified atom stereocenters. The van der Waals surface area contributed by atoms with Crippen LogP contribution in [0.15, 0.2) is 48.5 Å². The number of hydrogen-bond donors (Lipinski definition) is 1. The lowest BCUT2D eigenvalue weighted by Crippen LogP contribution is -2.23. The van der Waals surface area contributed by atoms with Crippen LogP contribution in [0, 0.1) is 0 Å². The molecule has 2 rings (SSSR count). The lowest BCUT2D eigenvalue weighted by Gasteiger charge is -2.15. The van der Waals surface area contributed by atoms with Gasteiger partial charge in [-0.25, -0.2) is 4.21 Å². The molecule has 0 aliphatic rings. The van der Waals surface area contributed by atoms with Crippen molar-refractivity contribution in [3.05, 3.63) is 59.7 Å². The standard InChI is InChI=1S/C16H17NO3S/c1-17(2)16(18)15-9-8-13(10-14(15)11-21(19)20)12-6-4-3-5-7-12/h3-10H,11H2,1-2H3,(H,19,20). The monoisotopic (exact) mass is 303 g/mol. The minimum atomic E-state index is -1.99. The molecular formula is C16H17NO3S. The van der Waals surface area contributed by atoms with Gasteiger partial charge in [0.05, 0.1) is 5.75 Å². The number of carbonyl (C=O) groups is 1. The first kappa shape index (κ1) is 15.4. The van der Waals surface area contributed by atoms with E-state index in [0.717, 1.165) is 11.1 Å². The zero-order chi connectivity index (χ0) is 15.4. The van der Waals surface area contributed by atoms with Crippen LogP contribution < -0.4 is 0 Å². The van der Waals surface area contributed by atoms with Gasteiger partial charge in [-0.2, -0.15) is 0 Å². The number of amides is 1. The van der Waals surface area contributed by atoms with Crippen molar-refractivity contribution in [3.8, 4) is 11.1 Å². The van der Waals surface area contributed by atoms with E-state index in [0.29, 0.717) is 11.1 Å². The second-order valence-corrected chi connectivity index (χ2v) is 5.84. The third-order valence-electron chi connectivity index (χ3n) is 3.13. The molecule has 4 nitrogen and oxygen atoms in total. The second-order valence-electron chi connectivity index (χ2n) is 4.90. The van der Waals surface area contributed by atoms with Gasteiger partial charge in [0, 0.05) is 19.7 Å². The zero-order valence-corrected chi connectivity index (χ0v) is 12.8. The fourth-order valence-corrected chi connectivity index (χ4v) is 2.61. The maximum atomic E-state index is 12.1.